The minimum atomic E-state index is -0.501. The van der Waals surface area contributed by atoms with Crippen molar-refractivity contribution in [2.45, 2.75) is 13.0 Å². The predicted molar refractivity (Wildman–Crippen MR) is 72.8 cm³/mol. The van der Waals surface area contributed by atoms with Gasteiger partial charge in [-0.2, -0.15) is 0 Å². The van der Waals surface area contributed by atoms with Crippen LogP contribution < -0.4 is 5.32 Å². The van der Waals surface area contributed by atoms with Gasteiger partial charge in [-0.05, 0) is 50.9 Å². The first kappa shape index (κ1) is 14.0. The lowest BCUT2D eigenvalue weighted by Crippen LogP contribution is -2.25. The zero-order chi connectivity index (χ0) is 12.0. The van der Waals surface area contributed by atoms with Gasteiger partial charge in [-0.15, -0.1) is 0 Å². The number of nitrogens with one attached hydrogen (secondary N) is 1. The van der Waals surface area contributed by atoms with Crippen LogP contribution in [0.1, 0.15) is 6.92 Å². The molecule has 0 aliphatic heterocycles. The van der Waals surface area contributed by atoms with Crippen LogP contribution in [0.15, 0.2) is 27.1 Å². The Morgan fingerprint density at radius 1 is 1.38 bits per heavy atom. The number of aliphatic hydroxyl groups is 1. The molecule has 1 rings (SSSR count). The van der Waals surface area contributed by atoms with Crippen LogP contribution in [0, 0.1) is 0 Å². The average molecular weight is 353 g/mol. The average Bonchev–Trinajstić information content (AvgIpc) is 2.25. The van der Waals surface area contributed by atoms with E-state index in [9.17, 15) is 5.11 Å². The van der Waals surface area contributed by atoms with Crippen LogP contribution in [-0.2, 0) is 4.74 Å². The van der Waals surface area contributed by atoms with E-state index < -0.39 is 6.10 Å². The molecule has 0 spiro atoms. The third kappa shape index (κ3) is 4.41. The van der Waals surface area contributed by atoms with Crippen molar-refractivity contribution in [1.82, 2.24) is 0 Å². The van der Waals surface area contributed by atoms with Crippen molar-refractivity contribution in [2.24, 2.45) is 0 Å². The molecule has 1 aromatic rings. The van der Waals surface area contributed by atoms with E-state index in [4.69, 9.17) is 4.74 Å². The van der Waals surface area contributed by atoms with E-state index in [1.165, 1.54) is 0 Å². The Morgan fingerprint density at radius 3 is 2.56 bits per heavy atom. The number of benzene rings is 1. The van der Waals surface area contributed by atoms with Crippen molar-refractivity contribution < 1.29 is 9.84 Å². The zero-order valence-electron chi connectivity index (χ0n) is 9.04. The zero-order valence-corrected chi connectivity index (χ0v) is 12.2. The highest BCUT2D eigenvalue weighted by Gasteiger charge is 2.07. The molecule has 0 radical (unpaired) electrons. The maximum Gasteiger partial charge on any atom is 0.0945 e. The lowest BCUT2D eigenvalue weighted by Gasteiger charge is -2.14. The van der Waals surface area contributed by atoms with Crippen molar-refractivity contribution in [3.05, 3.63) is 27.1 Å². The highest BCUT2D eigenvalue weighted by molar-refractivity contribution is 9.11. The molecule has 1 aromatic carbocycles. The first-order valence-corrected chi connectivity index (χ1v) is 6.67. The fourth-order valence-corrected chi connectivity index (χ4v) is 2.48. The summed E-state index contributed by atoms with van der Waals surface area (Å²) in [7, 11) is 0. The standard InChI is InChI=1S/C11H15Br2NO2/c1-2-16-7-8(15)6-14-11-9(12)4-3-5-10(11)13/h3-5,8,14-15H,2,6-7H2,1H3. The molecular formula is C11H15Br2NO2. The molecule has 0 aliphatic carbocycles. The van der Waals surface area contributed by atoms with Gasteiger partial charge in [-0.25, -0.2) is 0 Å². The topological polar surface area (TPSA) is 41.5 Å². The normalized spacial score (nSPS) is 12.5. The molecule has 0 saturated carbocycles. The SMILES string of the molecule is CCOCC(O)CNc1c(Br)cccc1Br. The van der Waals surface area contributed by atoms with Crippen LogP contribution in [-0.4, -0.2) is 31.0 Å². The molecule has 0 aromatic heterocycles. The van der Waals surface area contributed by atoms with Crippen molar-refractivity contribution in [2.75, 3.05) is 25.1 Å². The number of para-hydroxylation sites is 1. The summed E-state index contributed by atoms with van der Waals surface area (Å²) in [5, 5.41) is 12.8. The number of rotatable bonds is 6. The minimum absolute atomic E-state index is 0.353. The van der Waals surface area contributed by atoms with Crippen LogP contribution in [0.2, 0.25) is 0 Å². The van der Waals surface area contributed by atoms with E-state index in [1.807, 2.05) is 25.1 Å². The Labute approximate surface area is 112 Å². The lowest BCUT2D eigenvalue weighted by molar-refractivity contribution is 0.0496. The molecule has 3 nitrogen and oxygen atoms in total. The van der Waals surface area contributed by atoms with E-state index in [0.29, 0.717) is 19.8 Å². The number of ether oxygens (including phenoxy) is 1. The molecule has 0 heterocycles. The van der Waals surface area contributed by atoms with Gasteiger partial charge in [-0.1, -0.05) is 6.07 Å². The summed E-state index contributed by atoms with van der Waals surface area (Å²) in [4.78, 5) is 0. The Morgan fingerprint density at radius 2 is 2.00 bits per heavy atom. The molecule has 90 valence electrons. The van der Waals surface area contributed by atoms with Crippen LogP contribution in [0.25, 0.3) is 0 Å². The van der Waals surface area contributed by atoms with E-state index in [1.54, 1.807) is 0 Å². The molecule has 1 atom stereocenters. The summed E-state index contributed by atoms with van der Waals surface area (Å²) >= 11 is 6.89. The molecule has 2 N–H and O–H groups in total. The van der Waals surface area contributed by atoms with Crippen LogP contribution in [0.5, 0.6) is 0 Å². The van der Waals surface area contributed by atoms with Gasteiger partial charge in [0, 0.05) is 22.1 Å². The fourth-order valence-electron chi connectivity index (χ4n) is 1.20. The second-order valence-corrected chi connectivity index (χ2v) is 5.00. The molecule has 16 heavy (non-hydrogen) atoms. The number of hydrogen-bond acceptors (Lipinski definition) is 3. The van der Waals surface area contributed by atoms with Crippen LogP contribution >= 0.6 is 31.9 Å². The van der Waals surface area contributed by atoms with Crippen molar-refractivity contribution >= 4 is 37.5 Å². The highest BCUT2D eigenvalue weighted by atomic mass is 79.9. The van der Waals surface area contributed by atoms with Gasteiger partial charge in [0.25, 0.3) is 0 Å². The first-order valence-electron chi connectivity index (χ1n) is 5.08. The van der Waals surface area contributed by atoms with Gasteiger partial charge in [0.15, 0.2) is 0 Å². The summed E-state index contributed by atoms with van der Waals surface area (Å²) in [5.74, 6) is 0. The Kier molecular flexibility index (Phi) is 6.34. The molecular weight excluding hydrogens is 338 g/mol. The molecule has 0 fully saturated rings. The third-order valence-electron chi connectivity index (χ3n) is 1.99. The largest absolute Gasteiger partial charge is 0.389 e. The fraction of sp³-hybridized carbons (Fsp3) is 0.455. The molecule has 0 amide bonds. The summed E-state index contributed by atoms with van der Waals surface area (Å²) in [6.07, 6.45) is -0.501. The Bertz CT molecular complexity index is 314. The summed E-state index contributed by atoms with van der Waals surface area (Å²) in [5.41, 5.74) is 0.943. The Hall–Kier alpha value is -0.100. The predicted octanol–water partition coefficient (Wildman–Crippen LogP) is 3.02. The quantitative estimate of drug-likeness (QED) is 0.826. The number of anilines is 1. The first-order chi connectivity index (χ1) is 7.65. The summed E-state index contributed by atoms with van der Waals surface area (Å²) in [6, 6.07) is 5.83. The number of aliphatic hydroxyl groups excluding tert-OH is 1. The maximum atomic E-state index is 9.61. The maximum absolute atomic E-state index is 9.61. The van der Waals surface area contributed by atoms with Crippen LogP contribution in [0.4, 0.5) is 5.69 Å². The van der Waals surface area contributed by atoms with Gasteiger partial charge >= 0.3 is 0 Å². The summed E-state index contributed by atoms with van der Waals surface area (Å²) < 4.78 is 7.06. The van der Waals surface area contributed by atoms with Gasteiger partial charge in [-0.3, -0.25) is 0 Å². The molecule has 0 bridgehead atoms. The minimum Gasteiger partial charge on any atom is -0.389 e. The lowest BCUT2D eigenvalue weighted by atomic mass is 10.3. The van der Waals surface area contributed by atoms with Crippen LogP contribution in [0.3, 0.4) is 0 Å². The second-order valence-electron chi connectivity index (χ2n) is 3.29. The highest BCUT2D eigenvalue weighted by Crippen LogP contribution is 2.30. The number of hydrogen-bond donors (Lipinski definition) is 2. The van der Waals surface area contributed by atoms with Crippen molar-refractivity contribution in [3.63, 3.8) is 0 Å². The molecule has 0 aliphatic rings. The summed E-state index contributed by atoms with van der Waals surface area (Å²) in [6.45, 7) is 3.34. The van der Waals surface area contributed by atoms with E-state index >= 15 is 0 Å². The second kappa shape index (κ2) is 7.27. The van der Waals surface area contributed by atoms with Gasteiger partial charge in [0.2, 0.25) is 0 Å². The van der Waals surface area contributed by atoms with E-state index in [-0.39, 0.29) is 0 Å². The molecule has 5 heteroatoms. The number of halogens is 2. The van der Waals surface area contributed by atoms with Crippen molar-refractivity contribution in [1.29, 1.82) is 0 Å². The Balaban J connectivity index is 2.48. The van der Waals surface area contributed by atoms with Gasteiger partial charge in [0.1, 0.15) is 0 Å². The monoisotopic (exact) mass is 351 g/mol. The van der Waals surface area contributed by atoms with E-state index in [2.05, 4.69) is 37.2 Å². The van der Waals surface area contributed by atoms with Crippen molar-refractivity contribution in [3.8, 4) is 0 Å². The van der Waals surface area contributed by atoms with Gasteiger partial charge < -0.3 is 15.2 Å². The van der Waals surface area contributed by atoms with E-state index in [0.717, 1.165) is 14.6 Å². The van der Waals surface area contributed by atoms with Gasteiger partial charge in [0.05, 0.1) is 18.4 Å². The molecule has 0 saturated heterocycles. The smallest absolute Gasteiger partial charge is 0.0945 e. The third-order valence-corrected chi connectivity index (χ3v) is 3.31. The molecule has 1 unspecified atom stereocenters.